The van der Waals surface area contributed by atoms with E-state index in [1.165, 1.54) is 7.11 Å². The number of anilines is 1. The molecule has 16 heavy (non-hydrogen) atoms. The van der Waals surface area contributed by atoms with Gasteiger partial charge < -0.3 is 10.1 Å². The van der Waals surface area contributed by atoms with Gasteiger partial charge in [-0.1, -0.05) is 0 Å². The quantitative estimate of drug-likeness (QED) is 0.808. The molecule has 0 radical (unpaired) electrons. The molecule has 0 aliphatic rings. The number of ether oxygens (including phenoxy) is 1. The molecule has 0 bridgehead atoms. The summed E-state index contributed by atoms with van der Waals surface area (Å²) in [4.78, 5) is 14.2. The molecule has 0 unspecified atom stereocenters. The fourth-order valence-corrected chi connectivity index (χ4v) is 0.901. The van der Waals surface area contributed by atoms with E-state index in [9.17, 15) is 18.0 Å². The molecule has 1 N–H and O–H groups in total. The molecule has 0 aliphatic heterocycles. The van der Waals surface area contributed by atoms with Gasteiger partial charge in [0.15, 0.2) is 0 Å². The summed E-state index contributed by atoms with van der Waals surface area (Å²) in [7, 11) is 1.21. The third-order valence-corrected chi connectivity index (χ3v) is 1.73. The van der Waals surface area contributed by atoms with Gasteiger partial charge in [0.25, 0.3) is 0 Å². The van der Waals surface area contributed by atoms with E-state index in [2.05, 4.69) is 15.0 Å². The summed E-state index contributed by atoms with van der Waals surface area (Å²) >= 11 is 0. The minimum atomic E-state index is -4.41. The average Bonchev–Trinajstić information content (AvgIpc) is 2.25. The number of rotatable bonds is 3. The summed E-state index contributed by atoms with van der Waals surface area (Å²) in [6.45, 7) is -0.144. The third kappa shape index (κ3) is 3.41. The van der Waals surface area contributed by atoms with Gasteiger partial charge in [-0.15, -0.1) is 0 Å². The number of methoxy groups -OCH3 is 1. The first kappa shape index (κ1) is 12.3. The number of nitrogens with zero attached hydrogens (tertiary/aromatic N) is 1. The number of hydrogen-bond acceptors (Lipinski definition) is 4. The zero-order valence-electron chi connectivity index (χ0n) is 8.34. The fraction of sp³-hybridized carbons (Fsp3) is 0.333. The topological polar surface area (TPSA) is 51.2 Å². The Morgan fingerprint density at radius 2 is 2.19 bits per heavy atom. The first-order valence-electron chi connectivity index (χ1n) is 4.27. The van der Waals surface area contributed by atoms with Crippen LogP contribution in [0.5, 0.6) is 0 Å². The highest BCUT2D eigenvalue weighted by Gasteiger charge is 2.30. The first-order chi connectivity index (χ1) is 7.43. The number of carbonyl (C=O) groups excluding carboxylic acids is 1. The molecule has 1 aromatic rings. The highest BCUT2D eigenvalue weighted by molar-refractivity contribution is 5.74. The number of aromatic nitrogens is 1. The van der Waals surface area contributed by atoms with Crippen molar-refractivity contribution in [2.24, 2.45) is 0 Å². The van der Waals surface area contributed by atoms with Crippen molar-refractivity contribution in [3.63, 3.8) is 0 Å². The minimum Gasteiger partial charge on any atom is -0.468 e. The number of esters is 1. The number of nitrogens with one attached hydrogen (secondary N) is 1. The molecule has 4 nitrogen and oxygen atoms in total. The summed E-state index contributed by atoms with van der Waals surface area (Å²) in [5, 5.41) is 2.52. The zero-order chi connectivity index (χ0) is 12.2. The molecule has 0 aliphatic carbocycles. The van der Waals surface area contributed by atoms with E-state index < -0.39 is 17.7 Å². The second kappa shape index (κ2) is 4.82. The lowest BCUT2D eigenvalue weighted by atomic mass is 10.3. The second-order valence-corrected chi connectivity index (χ2v) is 2.86. The van der Waals surface area contributed by atoms with Crippen molar-refractivity contribution in [3.05, 3.63) is 23.9 Å². The van der Waals surface area contributed by atoms with Crippen LogP contribution >= 0.6 is 0 Å². The van der Waals surface area contributed by atoms with Crippen LogP contribution in [0.25, 0.3) is 0 Å². The normalized spacial score (nSPS) is 11.0. The molecule has 0 aromatic carbocycles. The molecule has 0 amide bonds. The molecule has 0 atom stereocenters. The molecule has 1 rings (SSSR count). The summed E-state index contributed by atoms with van der Waals surface area (Å²) in [6.07, 6.45) is -3.71. The van der Waals surface area contributed by atoms with Crippen molar-refractivity contribution >= 4 is 11.8 Å². The zero-order valence-corrected chi connectivity index (χ0v) is 8.34. The molecule has 88 valence electrons. The average molecular weight is 234 g/mol. The minimum absolute atomic E-state index is 0.144. The molecule has 0 saturated carbocycles. The third-order valence-electron chi connectivity index (χ3n) is 1.73. The number of pyridine rings is 1. The Labute approximate surface area is 89.4 Å². The van der Waals surface area contributed by atoms with Gasteiger partial charge in [0.05, 0.1) is 12.7 Å². The van der Waals surface area contributed by atoms with Gasteiger partial charge in [0.1, 0.15) is 12.4 Å². The number of hydrogen-bond donors (Lipinski definition) is 1. The number of alkyl halides is 3. The monoisotopic (exact) mass is 234 g/mol. The molecule has 1 heterocycles. The Morgan fingerprint density at radius 1 is 1.50 bits per heavy atom. The molecule has 0 spiro atoms. The Kier molecular flexibility index (Phi) is 3.70. The van der Waals surface area contributed by atoms with E-state index in [4.69, 9.17) is 0 Å². The van der Waals surface area contributed by atoms with E-state index in [1.807, 2.05) is 0 Å². The largest absolute Gasteiger partial charge is 0.468 e. The summed E-state index contributed by atoms with van der Waals surface area (Å²) in [6, 6.07) is 2.03. The Morgan fingerprint density at radius 3 is 2.62 bits per heavy atom. The van der Waals surface area contributed by atoms with Gasteiger partial charge in [-0.3, -0.25) is 4.79 Å². The highest BCUT2D eigenvalue weighted by Crippen LogP contribution is 2.28. The van der Waals surface area contributed by atoms with Crippen molar-refractivity contribution < 1.29 is 22.7 Å². The van der Waals surface area contributed by atoms with Crippen molar-refractivity contribution in [1.29, 1.82) is 0 Å². The van der Waals surface area contributed by atoms with Crippen LogP contribution in [0.15, 0.2) is 18.3 Å². The second-order valence-electron chi connectivity index (χ2n) is 2.86. The predicted molar refractivity (Wildman–Crippen MR) is 49.7 cm³/mol. The molecular formula is C9H9F3N2O2. The van der Waals surface area contributed by atoms with Crippen LogP contribution < -0.4 is 5.32 Å². The van der Waals surface area contributed by atoms with Crippen LogP contribution in [0.4, 0.5) is 19.0 Å². The van der Waals surface area contributed by atoms with Gasteiger partial charge >= 0.3 is 12.1 Å². The molecule has 0 fully saturated rings. The molecule has 7 heteroatoms. The van der Waals surface area contributed by atoms with Crippen LogP contribution in [-0.4, -0.2) is 24.6 Å². The van der Waals surface area contributed by atoms with Gasteiger partial charge in [0, 0.05) is 6.20 Å². The highest BCUT2D eigenvalue weighted by atomic mass is 19.4. The van der Waals surface area contributed by atoms with Crippen LogP contribution in [0.3, 0.4) is 0 Å². The first-order valence-corrected chi connectivity index (χ1v) is 4.27. The lowest BCUT2D eigenvalue weighted by molar-refractivity contribution is -0.139. The maximum atomic E-state index is 12.2. The van der Waals surface area contributed by atoms with Crippen molar-refractivity contribution in [1.82, 2.24) is 4.98 Å². The Balaban J connectivity index is 2.62. The van der Waals surface area contributed by atoms with Crippen LogP contribution in [0.1, 0.15) is 5.56 Å². The van der Waals surface area contributed by atoms with E-state index in [-0.39, 0.29) is 12.4 Å². The lowest BCUT2D eigenvalue weighted by Gasteiger charge is -2.07. The molecular weight excluding hydrogens is 225 g/mol. The Bertz CT molecular complexity index is 362. The summed E-state index contributed by atoms with van der Waals surface area (Å²) in [5.74, 6) is -0.347. The van der Waals surface area contributed by atoms with Crippen LogP contribution in [0, 0.1) is 0 Å². The smallest absolute Gasteiger partial charge is 0.417 e. The lowest BCUT2D eigenvalue weighted by Crippen LogP contribution is -2.16. The predicted octanol–water partition coefficient (Wildman–Crippen LogP) is 1.69. The maximum Gasteiger partial charge on any atom is 0.417 e. The van der Waals surface area contributed by atoms with Crippen LogP contribution in [-0.2, 0) is 15.7 Å². The van der Waals surface area contributed by atoms with E-state index in [0.717, 1.165) is 12.1 Å². The van der Waals surface area contributed by atoms with Gasteiger partial charge in [-0.05, 0) is 12.1 Å². The van der Waals surface area contributed by atoms with Crippen molar-refractivity contribution in [2.75, 3.05) is 19.0 Å². The van der Waals surface area contributed by atoms with E-state index in [0.29, 0.717) is 6.20 Å². The maximum absolute atomic E-state index is 12.2. The van der Waals surface area contributed by atoms with E-state index >= 15 is 0 Å². The number of carbonyl (C=O) groups is 1. The van der Waals surface area contributed by atoms with Crippen LogP contribution in [0.2, 0.25) is 0 Å². The van der Waals surface area contributed by atoms with Crippen molar-refractivity contribution in [3.8, 4) is 0 Å². The van der Waals surface area contributed by atoms with Crippen molar-refractivity contribution in [2.45, 2.75) is 6.18 Å². The van der Waals surface area contributed by atoms with Gasteiger partial charge in [-0.2, -0.15) is 13.2 Å². The summed E-state index contributed by atoms with van der Waals surface area (Å²) < 4.78 is 40.8. The SMILES string of the molecule is COC(=O)CNc1ccc(C(F)(F)F)cn1. The molecule has 1 aromatic heterocycles. The van der Waals surface area contributed by atoms with Gasteiger partial charge in [0.2, 0.25) is 0 Å². The van der Waals surface area contributed by atoms with Gasteiger partial charge in [-0.25, -0.2) is 4.98 Å². The summed E-state index contributed by atoms with van der Waals surface area (Å²) in [5.41, 5.74) is -0.837. The molecule has 0 saturated heterocycles. The van der Waals surface area contributed by atoms with E-state index in [1.54, 1.807) is 0 Å². The Hall–Kier alpha value is -1.79. The number of halogens is 3. The fourth-order valence-electron chi connectivity index (χ4n) is 0.901. The standard InChI is InChI=1S/C9H9F3N2O2/c1-16-8(15)5-14-7-3-2-6(4-13-7)9(10,11)12/h2-4H,5H2,1H3,(H,13,14).